The van der Waals surface area contributed by atoms with Gasteiger partial charge in [0.1, 0.15) is 17.3 Å². The van der Waals surface area contributed by atoms with Crippen LogP contribution >= 0.6 is 0 Å². The van der Waals surface area contributed by atoms with Crippen LogP contribution in [-0.2, 0) is 11.2 Å². The second kappa shape index (κ2) is 13.1. The van der Waals surface area contributed by atoms with Gasteiger partial charge in [0.15, 0.2) is 0 Å². The van der Waals surface area contributed by atoms with Crippen LogP contribution in [0.2, 0.25) is 0 Å². The quantitative estimate of drug-likeness (QED) is 0.435. The maximum atomic E-state index is 11.6. The van der Waals surface area contributed by atoms with Gasteiger partial charge in [-0.05, 0) is 37.1 Å². The Balaban J connectivity index is 2.21. The van der Waals surface area contributed by atoms with E-state index in [-0.39, 0.29) is 6.61 Å². The predicted octanol–water partition coefficient (Wildman–Crippen LogP) is 2.17. The van der Waals surface area contributed by atoms with Crippen LogP contribution in [0, 0.1) is 11.3 Å². The molecule has 1 aromatic carbocycles. The van der Waals surface area contributed by atoms with E-state index in [4.69, 9.17) is 15.1 Å². The SMILES string of the molecule is CCC[S+]([O-])CCCN(CCO)CCCOc1ccc(C#N)cc1. The van der Waals surface area contributed by atoms with Crippen molar-refractivity contribution in [2.24, 2.45) is 0 Å². The van der Waals surface area contributed by atoms with E-state index in [1.807, 2.05) is 6.92 Å². The smallest absolute Gasteiger partial charge is 0.119 e. The molecule has 0 aliphatic heterocycles. The highest BCUT2D eigenvalue weighted by molar-refractivity contribution is 7.91. The molecule has 0 radical (unpaired) electrons. The number of nitriles is 1. The summed E-state index contributed by atoms with van der Waals surface area (Å²) in [4.78, 5) is 2.19. The van der Waals surface area contributed by atoms with Crippen LogP contribution in [-0.4, -0.2) is 58.9 Å². The van der Waals surface area contributed by atoms with Crippen LogP contribution in [0.3, 0.4) is 0 Å². The van der Waals surface area contributed by atoms with Crippen molar-refractivity contribution in [3.8, 4) is 11.8 Å². The number of hydrogen-bond donors (Lipinski definition) is 1. The van der Waals surface area contributed by atoms with E-state index in [0.717, 1.165) is 49.6 Å². The molecule has 0 spiro atoms. The summed E-state index contributed by atoms with van der Waals surface area (Å²) in [7, 11) is 0. The minimum absolute atomic E-state index is 0.133. The molecule has 0 heterocycles. The monoisotopic (exact) mass is 352 g/mol. The zero-order chi connectivity index (χ0) is 17.6. The molecule has 0 saturated carbocycles. The molecule has 0 amide bonds. The van der Waals surface area contributed by atoms with E-state index in [9.17, 15) is 4.55 Å². The Hall–Kier alpha value is -1.26. The van der Waals surface area contributed by atoms with Crippen molar-refractivity contribution >= 4 is 11.2 Å². The predicted molar refractivity (Wildman–Crippen MR) is 97.6 cm³/mol. The zero-order valence-corrected chi connectivity index (χ0v) is 15.3. The summed E-state index contributed by atoms with van der Waals surface area (Å²) in [5.41, 5.74) is 0.622. The molecule has 0 aromatic heterocycles. The zero-order valence-electron chi connectivity index (χ0n) is 14.4. The highest BCUT2D eigenvalue weighted by atomic mass is 32.2. The lowest BCUT2D eigenvalue weighted by atomic mass is 10.2. The molecular formula is C18H28N2O3S. The van der Waals surface area contributed by atoms with E-state index < -0.39 is 11.2 Å². The van der Waals surface area contributed by atoms with Gasteiger partial charge in [0.05, 0.1) is 24.8 Å². The fraction of sp³-hybridized carbons (Fsp3) is 0.611. The molecule has 6 heteroatoms. The lowest BCUT2D eigenvalue weighted by Gasteiger charge is -2.21. The second-order valence-corrected chi connectivity index (χ2v) is 7.30. The van der Waals surface area contributed by atoms with Gasteiger partial charge in [-0.25, -0.2) is 0 Å². The normalized spacial score (nSPS) is 12.1. The number of ether oxygens (including phenoxy) is 1. The maximum Gasteiger partial charge on any atom is 0.119 e. The summed E-state index contributed by atoms with van der Waals surface area (Å²) >= 11 is -0.712. The molecule has 1 atom stereocenters. The van der Waals surface area contributed by atoms with E-state index >= 15 is 0 Å². The minimum atomic E-state index is -0.712. The second-order valence-electron chi connectivity index (χ2n) is 5.61. The van der Waals surface area contributed by atoms with Crippen molar-refractivity contribution in [2.75, 3.05) is 44.4 Å². The number of aliphatic hydroxyl groups is 1. The summed E-state index contributed by atoms with van der Waals surface area (Å²) < 4.78 is 17.3. The molecule has 134 valence electrons. The molecule has 24 heavy (non-hydrogen) atoms. The topological polar surface area (TPSA) is 79.6 Å². The molecule has 1 N–H and O–H groups in total. The summed E-state index contributed by atoms with van der Waals surface area (Å²) in [6.45, 7) is 5.11. The highest BCUT2D eigenvalue weighted by Gasteiger charge is 2.08. The average Bonchev–Trinajstić information content (AvgIpc) is 2.59. The Labute approximate surface area is 148 Å². The Morgan fingerprint density at radius 2 is 1.88 bits per heavy atom. The number of nitrogens with zero attached hydrogens (tertiary/aromatic N) is 2. The third-order valence-electron chi connectivity index (χ3n) is 3.57. The largest absolute Gasteiger partial charge is 0.616 e. The summed E-state index contributed by atoms with van der Waals surface area (Å²) in [5, 5.41) is 17.9. The van der Waals surface area contributed by atoms with Crippen molar-refractivity contribution in [1.82, 2.24) is 4.90 Å². The van der Waals surface area contributed by atoms with Gasteiger partial charge in [0.2, 0.25) is 0 Å². The third kappa shape index (κ3) is 9.14. The highest BCUT2D eigenvalue weighted by Crippen LogP contribution is 2.11. The van der Waals surface area contributed by atoms with Crippen molar-refractivity contribution in [3.05, 3.63) is 29.8 Å². The molecule has 0 saturated heterocycles. The van der Waals surface area contributed by atoms with Crippen molar-refractivity contribution in [3.63, 3.8) is 0 Å². The molecule has 1 rings (SSSR count). The Bertz CT molecular complexity index is 476. The van der Waals surface area contributed by atoms with E-state index in [0.29, 0.717) is 18.7 Å². The number of aliphatic hydroxyl groups excluding tert-OH is 1. The van der Waals surface area contributed by atoms with E-state index in [2.05, 4.69) is 11.0 Å². The van der Waals surface area contributed by atoms with Gasteiger partial charge >= 0.3 is 0 Å². The van der Waals surface area contributed by atoms with Gasteiger partial charge in [-0.15, -0.1) is 0 Å². The van der Waals surface area contributed by atoms with Crippen LogP contribution in [0.4, 0.5) is 0 Å². The number of rotatable bonds is 13. The van der Waals surface area contributed by atoms with Crippen molar-refractivity contribution in [1.29, 1.82) is 5.26 Å². The van der Waals surface area contributed by atoms with Crippen LogP contribution in [0.1, 0.15) is 31.7 Å². The van der Waals surface area contributed by atoms with E-state index in [1.54, 1.807) is 24.3 Å². The van der Waals surface area contributed by atoms with Gasteiger partial charge < -0.3 is 19.3 Å². The molecule has 1 unspecified atom stereocenters. The molecule has 5 nitrogen and oxygen atoms in total. The summed E-state index contributed by atoms with van der Waals surface area (Å²) in [5.74, 6) is 2.27. The Morgan fingerprint density at radius 1 is 1.17 bits per heavy atom. The lowest BCUT2D eigenvalue weighted by molar-refractivity contribution is 0.183. The van der Waals surface area contributed by atoms with Crippen molar-refractivity contribution < 1.29 is 14.4 Å². The Kier molecular flexibility index (Phi) is 11.3. The first-order valence-corrected chi connectivity index (χ1v) is 9.99. The molecule has 1 aromatic rings. The van der Waals surface area contributed by atoms with Crippen LogP contribution in [0.15, 0.2) is 24.3 Å². The van der Waals surface area contributed by atoms with E-state index in [1.165, 1.54) is 0 Å². The van der Waals surface area contributed by atoms with Gasteiger partial charge in [-0.3, -0.25) is 0 Å². The first-order valence-electron chi connectivity index (χ1n) is 8.50. The third-order valence-corrected chi connectivity index (χ3v) is 5.17. The van der Waals surface area contributed by atoms with Gasteiger partial charge in [0, 0.05) is 26.1 Å². The Morgan fingerprint density at radius 3 is 2.50 bits per heavy atom. The minimum Gasteiger partial charge on any atom is -0.616 e. The van der Waals surface area contributed by atoms with Gasteiger partial charge in [0.25, 0.3) is 0 Å². The van der Waals surface area contributed by atoms with Crippen LogP contribution in [0.5, 0.6) is 5.75 Å². The first-order chi connectivity index (χ1) is 11.7. The standard InChI is InChI=1S/C18H28N2O3S/c1-2-14-24(22)15-4-10-20(11-12-21)9-3-13-23-18-7-5-17(16-19)6-8-18/h5-8,21H,2-4,9-15H2,1H3. The lowest BCUT2D eigenvalue weighted by Crippen LogP contribution is -2.31. The summed E-state index contributed by atoms with van der Waals surface area (Å²) in [6.07, 6.45) is 2.71. The average molecular weight is 352 g/mol. The van der Waals surface area contributed by atoms with Gasteiger partial charge in [-0.2, -0.15) is 5.26 Å². The fourth-order valence-electron chi connectivity index (χ4n) is 2.36. The molecular weight excluding hydrogens is 324 g/mol. The maximum absolute atomic E-state index is 11.6. The number of benzene rings is 1. The van der Waals surface area contributed by atoms with Crippen molar-refractivity contribution in [2.45, 2.75) is 26.2 Å². The molecule has 0 fully saturated rings. The number of hydrogen-bond acceptors (Lipinski definition) is 5. The van der Waals surface area contributed by atoms with Crippen LogP contribution in [0.25, 0.3) is 0 Å². The summed E-state index contributed by atoms with van der Waals surface area (Å²) in [6, 6.07) is 9.16. The van der Waals surface area contributed by atoms with Gasteiger partial charge in [-0.1, -0.05) is 18.1 Å². The first kappa shape index (κ1) is 20.8. The fourth-order valence-corrected chi connectivity index (χ4v) is 3.47. The molecule has 0 aliphatic carbocycles. The van der Waals surface area contributed by atoms with Crippen LogP contribution < -0.4 is 4.74 Å². The molecule has 0 bridgehead atoms. The molecule has 0 aliphatic rings.